The molecule has 0 spiro atoms. The van der Waals surface area contributed by atoms with Crippen LogP contribution in [0.25, 0.3) is 22.0 Å². The SMILES string of the molecule is CCCN(C/C=C/OC1(C(C)=O)CC1)C(=O)c1ccc(-c2cnc3ccccc3c2)cc1. The van der Waals surface area contributed by atoms with Gasteiger partial charge in [-0.2, -0.15) is 0 Å². The third-order valence-electron chi connectivity index (χ3n) is 5.90. The number of para-hydroxylation sites is 1. The Balaban J connectivity index is 1.43. The highest BCUT2D eigenvalue weighted by Gasteiger charge is 2.49. The van der Waals surface area contributed by atoms with Gasteiger partial charge in [0.2, 0.25) is 0 Å². The molecule has 32 heavy (non-hydrogen) atoms. The molecule has 1 aliphatic rings. The van der Waals surface area contributed by atoms with Crippen LogP contribution in [0.2, 0.25) is 0 Å². The fraction of sp³-hybridized carbons (Fsp3) is 0.296. The molecule has 3 aromatic rings. The number of hydrogen-bond donors (Lipinski definition) is 0. The van der Waals surface area contributed by atoms with Crippen LogP contribution in [-0.2, 0) is 9.53 Å². The number of nitrogens with zero attached hydrogens (tertiary/aromatic N) is 2. The van der Waals surface area contributed by atoms with Crippen LogP contribution in [0.5, 0.6) is 0 Å². The molecule has 0 saturated heterocycles. The Morgan fingerprint density at radius 3 is 2.53 bits per heavy atom. The summed E-state index contributed by atoms with van der Waals surface area (Å²) in [7, 11) is 0. The van der Waals surface area contributed by atoms with E-state index in [1.54, 1.807) is 18.1 Å². The van der Waals surface area contributed by atoms with Gasteiger partial charge in [0.15, 0.2) is 11.4 Å². The largest absolute Gasteiger partial charge is 0.487 e. The van der Waals surface area contributed by atoms with Crippen molar-refractivity contribution in [1.82, 2.24) is 9.88 Å². The first kappa shape index (κ1) is 21.8. The average molecular weight is 429 g/mol. The highest BCUT2D eigenvalue weighted by atomic mass is 16.5. The van der Waals surface area contributed by atoms with Crippen molar-refractivity contribution >= 4 is 22.6 Å². The zero-order valence-corrected chi connectivity index (χ0v) is 18.6. The molecule has 0 N–H and O–H groups in total. The van der Waals surface area contributed by atoms with Gasteiger partial charge < -0.3 is 9.64 Å². The van der Waals surface area contributed by atoms with Crippen molar-refractivity contribution < 1.29 is 14.3 Å². The van der Waals surface area contributed by atoms with Gasteiger partial charge in [-0.15, -0.1) is 0 Å². The van der Waals surface area contributed by atoms with E-state index in [1.165, 1.54) is 0 Å². The molecular formula is C27H28N2O3. The number of aromatic nitrogens is 1. The maximum absolute atomic E-state index is 13.1. The molecule has 1 amide bonds. The first-order valence-corrected chi connectivity index (χ1v) is 11.1. The predicted molar refractivity (Wildman–Crippen MR) is 126 cm³/mol. The highest BCUT2D eigenvalue weighted by Crippen LogP contribution is 2.40. The second-order valence-electron chi connectivity index (χ2n) is 8.29. The average Bonchev–Trinajstić information content (AvgIpc) is 3.62. The minimum Gasteiger partial charge on any atom is -0.487 e. The van der Waals surface area contributed by atoms with Gasteiger partial charge in [0, 0.05) is 35.8 Å². The number of pyridine rings is 1. The highest BCUT2D eigenvalue weighted by molar-refractivity contribution is 5.95. The number of carbonyl (C=O) groups excluding carboxylic acids is 2. The molecule has 4 rings (SSSR count). The number of ether oxygens (including phenoxy) is 1. The summed E-state index contributed by atoms with van der Waals surface area (Å²) in [6, 6.07) is 17.8. The second-order valence-corrected chi connectivity index (χ2v) is 8.29. The van der Waals surface area contributed by atoms with Gasteiger partial charge in [-0.3, -0.25) is 14.6 Å². The van der Waals surface area contributed by atoms with Gasteiger partial charge in [0.05, 0.1) is 11.8 Å². The van der Waals surface area contributed by atoms with Gasteiger partial charge in [-0.1, -0.05) is 37.3 Å². The van der Waals surface area contributed by atoms with Crippen molar-refractivity contribution in [1.29, 1.82) is 0 Å². The number of carbonyl (C=O) groups is 2. The number of fused-ring (bicyclic) bond motifs is 1. The molecule has 1 fully saturated rings. The van der Waals surface area contributed by atoms with Crippen molar-refractivity contribution in [3.05, 3.63) is 78.7 Å². The van der Waals surface area contributed by atoms with Crippen LogP contribution < -0.4 is 0 Å². The van der Waals surface area contributed by atoms with Crippen LogP contribution in [0, 0.1) is 0 Å². The Morgan fingerprint density at radius 2 is 1.84 bits per heavy atom. The van der Waals surface area contributed by atoms with Crippen molar-refractivity contribution in [2.45, 2.75) is 38.7 Å². The van der Waals surface area contributed by atoms with E-state index in [0.717, 1.165) is 41.3 Å². The Morgan fingerprint density at radius 1 is 1.09 bits per heavy atom. The Kier molecular flexibility index (Phi) is 6.35. The first-order valence-electron chi connectivity index (χ1n) is 11.1. The molecule has 1 aliphatic carbocycles. The standard InChI is InChI=1S/C27H28N2O3/c1-3-15-29(16-6-17-32-27(13-14-27)20(2)30)26(31)22-11-9-21(10-12-22)24-18-23-7-4-5-8-25(23)28-19-24/h4-12,17-19H,3,13-16H2,1-2H3/b17-6+. The lowest BCUT2D eigenvalue weighted by molar-refractivity contribution is -0.127. The topological polar surface area (TPSA) is 59.5 Å². The lowest BCUT2D eigenvalue weighted by Crippen LogP contribution is -2.32. The van der Waals surface area contributed by atoms with E-state index >= 15 is 0 Å². The summed E-state index contributed by atoms with van der Waals surface area (Å²) in [5.74, 6) is 0.0396. The van der Waals surface area contributed by atoms with Crippen molar-refractivity contribution in [3.8, 4) is 11.1 Å². The Bertz CT molecular complexity index is 1150. The van der Waals surface area contributed by atoms with E-state index in [1.807, 2.05) is 67.7 Å². The lowest BCUT2D eigenvalue weighted by atomic mass is 10.0. The molecule has 5 nitrogen and oxygen atoms in total. The summed E-state index contributed by atoms with van der Waals surface area (Å²) in [6.45, 7) is 4.70. The molecule has 0 unspecified atom stereocenters. The van der Waals surface area contributed by atoms with Gasteiger partial charge in [0.25, 0.3) is 5.91 Å². The molecule has 1 saturated carbocycles. The molecule has 0 atom stereocenters. The monoisotopic (exact) mass is 428 g/mol. The zero-order valence-electron chi connectivity index (χ0n) is 18.6. The maximum atomic E-state index is 13.1. The third-order valence-corrected chi connectivity index (χ3v) is 5.90. The van der Waals surface area contributed by atoms with E-state index in [0.29, 0.717) is 18.7 Å². The molecule has 2 aromatic carbocycles. The van der Waals surface area contributed by atoms with Gasteiger partial charge >= 0.3 is 0 Å². The Labute approximate surface area is 188 Å². The predicted octanol–water partition coefficient (Wildman–Crippen LogP) is 5.41. The van der Waals surface area contributed by atoms with E-state index in [9.17, 15) is 9.59 Å². The summed E-state index contributed by atoms with van der Waals surface area (Å²) in [5, 5.41) is 1.09. The van der Waals surface area contributed by atoms with E-state index in [2.05, 4.69) is 11.1 Å². The van der Waals surface area contributed by atoms with E-state index in [-0.39, 0.29) is 11.7 Å². The second kappa shape index (κ2) is 9.35. The summed E-state index contributed by atoms with van der Waals surface area (Å²) < 4.78 is 5.64. The quantitative estimate of drug-likeness (QED) is 0.428. The van der Waals surface area contributed by atoms with Gasteiger partial charge in [-0.25, -0.2) is 0 Å². The molecule has 0 aliphatic heterocycles. The van der Waals surface area contributed by atoms with Crippen LogP contribution in [0.3, 0.4) is 0 Å². The minimum atomic E-state index is -0.621. The van der Waals surface area contributed by atoms with Gasteiger partial charge in [0.1, 0.15) is 0 Å². The molecule has 5 heteroatoms. The van der Waals surface area contributed by atoms with Crippen LogP contribution in [0.1, 0.15) is 43.5 Å². The van der Waals surface area contributed by atoms with Crippen molar-refractivity contribution in [3.63, 3.8) is 0 Å². The van der Waals surface area contributed by atoms with Crippen molar-refractivity contribution in [2.75, 3.05) is 13.1 Å². The summed E-state index contributed by atoms with van der Waals surface area (Å²) in [4.78, 5) is 31.0. The fourth-order valence-electron chi connectivity index (χ4n) is 3.78. The molecular weight excluding hydrogens is 400 g/mol. The molecule has 1 aromatic heterocycles. The first-order chi connectivity index (χ1) is 15.5. The van der Waals surface area contributed by atoms with Gasteiger partial charge in [-0.05, 0) is 62.1 Å². The Hall–Kier alpha value is -3.47. The van der Waals surface area contributed by atoms with Crippen LogP contribution in [0.4, 0.5) is 0 Å². The molecule has 0 radical (unpaired) electrons. The summed E-state index contributed by atoms with van der Waals surface area (Å²) in [6.07, 6.45) is 7.64. The van der Waals surface area contributed by atoms with Crippen LogP contribution >= 0.6 is 0 Å². The minimum absolute atomic E-state index is 0.0209. The maximum Gasteiger partial charge on any atom is 0.254 e. The lowest BCUT2D eigenvalue weighted by Gasteiger charge is -2.21. The molecule has 0 bridgehead atoms. The molecule has 1 heterocycles. The number of hydrogen-bond acceptors (Lipinski definition) is 4. The summed E-state index contributed by atoms with van der Waals surface area (Å²) >= 11 is 0. The normalized spacial score (nSPS) is 14.4. The van der Waals surface area contributed by atoms with E-state index < -0.39 is 5.60 Å². The third kappa shape index (κ3) is 4.72. The van der Waals surface area contributed by atoms with E-state index in [4.69, 9.17) is 4.74 Å². The van der Waals surface area contributed by atoms with Crippen LogP contribution in [-0.4, -0.2) is 40.3 Å². The number of ketones is 1. The smallest absolute Gasteiger partial charge is 0.254 e. The number of rotatable bonds is 9. The fourth-order valence-corrected chi connectivity index (χ4v) is 3.78. The van der Waals surface area contributed by atoms with Crippen molar-refractivity contribution in [2.24, 2.45) is 0 Å². The number of amides is 1. The molecule has 164 valence electrons. The number of benzene rings is 2. The zero-order chi connectivity index (χ0) is 22.6. The van der Waals surface area contributed by atoms with Crippen LogP contribution in [0.15, 0.2) is 73.1 Å². The number of Topliss-reactive ketones (excluding diaryl/α,β-unsaturated/α-hetero) is 1. The summed E-state index contributed by atoms with van der Waals surface area (Å²) in [5.41, 5.74) is 3.03.